The number of nitrogens with zero attached hydrogens (tertiary/aromatic N) is 1. The molecule has 0 radical (unpaired) electrons. The molecule has 1 fully saturated rings. The predicted octanol–water partition coefficient (Wildman–Crippen LogP) is 2.12. The van der Waals surface area contributed by atoms with Crippen LogP contribution in [-0.4, -0.2) is 24.0 Å². The number of halogens is 2. The van der Waals surface area contributed by atoms with E-state index in [1.54, 1.807) is 0 Å². The second-order valence-corrected chi connectivity index (χ2v) is 4.87. The minimum Gasteiger partial charge on any atom is -0.326 e. The van der Waals surface area contributed by atoms with Crippen LogP contribution < -0.4 is 5.73 Å². The van der Waals surface area contributed by atoms with Gasteiger partial charge in [-0.05, 0) is 24.1 Å². The minimum absolute atomic E-state index is 0.205. The van der Waals surface area contributed by atoms with Gasteiger partial charge < -0.3 is 5.73 Å². The molecule has 1 saturated heterocycles. The van der Waals surface area contributed by atoms with Gasteiger partial charge in [-0.15, -0.1) is 0 Å². The largest absolute Gasteiger partial charge is 0.326 e. The number of nitrogens with two attached hydrogens (primary N) is 1. The summed E-state index contributed by atoms with van der Waals surface area (Å²) in [6.45, 7) is 2.81. The number of rotatable bonds is 2. The first kappa shape index (κ1) is 11.0. The van der Waals surface area contributed by atoms with Gasteiger partial charge in [-0.1, -0.05) is 22.0 Å². The van der Waals surface area contributed by atoms with Gasteiger partial charge in [0.15, 0.2) is 0 Å². The lowest BCUT2D eigenvalue weighted by atomic mass is 10.2. The van der Waals surface area contributed by atoms with Gasteiger partial charge in [0.05, 0.1) is 0 Å². The summed E-state index contributed by atoms with van der Waals surface area (Å²) >= 11 is 3.37. The molecule has 2 nitrogen and oxygen atoms in total. The molecule has 82 valence electrons. The van der Waals surface area contributed by atoms with Crippen LogP contribution in [0.5, 0.6) is 0 Å². The normalized spacial score (nSPS) is 22.2. The Balaban J connectivity index is 2.04. The molecule has 1 aliphatic rings. The van der Waals surface area contributed by atoms with Crippen molar-refractivity contribution in [2.75, 3.05) is 13.1 Å². The van der Waals surface area contributed by atoms with E-state index in [1.807, 2.05) is 6.07 Å². The van der Waals surface area contributed by atoms with E-state index < -0.39 is 0 Å². The van der Waals surface area contributed by atoms with E-state index in [0.29, 0.717) is 6.04 Å². The van der Waals surface area contributed by atoms with Crippen LogP contribution in [0.15, 0.2) is 22.7 Å². The molecule has 0 saturated carbocycles. The molecule has 0 aliphatic carbocycles. The summed E-state index contributed by atoms with van der Waals surface area (Å²) in [5.74, 6) is -0.205. The van der Waals surface area contributed by atoms with Crippen molar-refractivity contribution in [1.82, 2.24) is 4.90 Å². The highest BCUT2D eigenvalue weighted by atomic mass is 79.9. The van der Waals surface area contributed by atoms with Crippen LogP contribution >= 0.6 is 15.9 Å². The SMILES string of the molecule is N[C@@H]1CCN(Cc2ccc(F)cc2Br)C1. The summed E-state index contributed by atoms with van der Waals surface area (Å²) < 4.78 is 13.7. The fourth-order valence-corrected chi connectivity index (χ4v) is 2.37. The maximum atomic E-state index is 12.9. The zero-order valence-electron chi connectivity index (χ0n) is 8.42. The molecule has 2 N–H and O–H groups in total. The molecule has 1 aromatic rings. The van der Waals surface area contributed by atoms with Gasteiger partial charge in [-0.2, -0.15) is 0 Å². The maximum Gasteiger partial charge on any atom is 0.124 e. The van der Waals surface area contributed by atoms with Gasteiger partial charge >= 0.3 is 0 Å². The average molecular weight is 273 g/mol. The zero-order chi connectivity index (χ0) is 10.8. The Kier molecular flexibility index (Phi) is 3.38. The zero-order valence-corrected chi connectivity index (χ0v) is 10.0. The Morgan fingerprint density at radius 2 is 2.33 bits per heavy atom. The van der Waals surface area contributed by atoms with Crippen molar-refractivity contribution in [3.8, 4) is 0 Å². The summed E-state index contributed by atoms with van der Waals surface area (Å²) in [5.41, 5.74) is 6.94. The first-order valence-corrected chi connectivity index (χ1v) is 5.86. The molecule has 15 heavy (non-hydrogen) atoms. The van der Waals surface area contributed by atoms with Crippen molar-refractivity contribution in [3.05, 3.63) is 34.1 Å². The van der Waals surface area contributed by atoms with Gasteiger partial charge in [-0.3, -0.25) is 4.90 Å². The van der Waals surface area contributed by atoms with Gasteiger partial charge in [0, 0.05) is 30.1 Å². The average Bonchev–Trinajstić information content (AvgIpc) is 2.56. The lowest BCUT2D eigenvalue weighted by molar-refractivity contribution is 0.326. The predicted molar refractivity (Wildman–Crippen MR) is 62.0 cm³/mol. The van der Waals surface area contributed by atoms with Gasteiger partial charge in [0.25, 0.3) is 0 Å². The van der Waals surface area contributed by atoms with Crippen molar-refractivity contribution in [2.24, 2.45) is 5.73 Å². The number of hydrogen-bond acceptors (Lipinski definition) is 2. The summed E-state index contributed by atoms with van der Waals surface area (Å²) in [5, 5.41) is 0. The summed E-state index contributed by atoms with van der Waals surface area (Å²) in [6.07, 6.45) is 1.05. The smallest absolute Gasteiger partial charge is 0.124 e. The Morgan fingerprint density at radius 1 is 1.53 bits per heavy atom. The summed E-state index contributed by atoms with van der Waals surface area (Å²) in [4.78, 5) is 2.29. The third kappa shape index (κ3) is 2.77. The molecule has 0 bridgehead atoms. The van der Waals surface area contributed by atoms with Crippen molar-refractivity contribution in [1.29, 1.82) is 0 Å². The standard InChI is InChI=1S/C11H14BrFN2/c12-11-5-9(13)2-1-8(11)6-15-4-3-10(14)7-15/h1-2,5,10H,3-4,6-7,14H2/t10-/m1/s1. The fourth-order valence-electron chi connectivity index (χ4n) is 1.90. The Morgan fingerprint density at radius 3 is 2.93 bits per heavy atom. The molecule has 1 aliphatic heterocycles. The van der Waals surface area contributed by atoms with Crippen LogP contribution in [0.4, 0.5) is 4.39 Å². The Hall–Kier alpha value is -0.450. The van der Waals surface area contributed by atoms with Gasteiger partial charge in [-0.25, -0.2) is 4.39 Å². The lowest BCUT2D eigenvalue weighted by Crippen LogP contribution is -2.26. The molecule has 1 heterocycles. The van der Waals surface area contributed by atoms with E-state index in [0.717, 1.165) is 36.1 Å². The van der Waals surface area contributed by atoms with E-state index in [1.165, 1.54) is 12.1 Å². The first-order chi connectivity index (χ1) is 7.15. The van der Waals surface area contributed by atoms with E-state index in [9.17, 15) is 4.39 Å². The molecule has 1 aromatic carbocycles. The number of benzene rings is 1. The van der Waals surface area contributed by atoms with Gasteiger partial charge in [0.2, 0.25) is 0 Å². The molecule has 0 aromatic heterocycles. The van der Waals surface area contributed by atoms with Gasteiger partial charge in [0.1, 0.15) is 5.82 Å². The van der Waals surface area contributed by atoms with Crippen LogP contribution in [0.25, 0.3) is 0 Å². The quantitative estimate of drug-likeness (QED) is 0.894. The molecular formula is C11H14BrFN2. The molecule has 0 amide bonds. The second kappa shape index (κ2) is 4.60. The lowest BCUT2D eigenvalue weighted by Gasteiger charge is -2.16. The highest BCUT2D eigenvalue weighted by molar-refractivity contribution is 9.10. The third-order valence-electron chi connectivity index (χ3n) is 2.72. The van der Waals surface area contributed by atoms with Crippen molar-refractivity contribution in [3.63, 3.8) is 0 Å². The van der Waals surface area contributed by atoms with Crippen molar-refractivity contribution in [2.45, 2.75) is 19.0 Å². The number of likely N-dealkylation sites (tertiary alicyclic amines) is 1. The monoisotopic (exact) mass is 272 g/mol. The number of hydrogen-bond donors (Lipinski definition) is 1. The third-order valence-corrected chi connectivity index (χ3v) is 3.46. The summed E-state index contributed by atoms with van der Waals surface area (Å²) in [6, 6.07) is 5.12. The van der Waals surface area contributed by atoms with Crippen LogP contribution in [0.1, 0.15) is 12.0 Å². The highest BCUT2D eigenvalue weighted by Crippen LogP contribution is 2.21. The molecule has 1 atom stereocenters. The summed E-state index contributed by atoms with van der Waals surface area (Å²) in [7, 11) is 0. The van der Waals surface area contributed by atoms with Crippen molar-refractivity contribution < 1.29 is 4.39 Å². The van der Waals surface area contributed by atoms with Crippen LogP contribution in [0, 0.1) is 5.82 Å². The molecule has 4 heteroatoms. The molecule has 0 unspecified atom stereocenters. The van der Waals surface area contributed by atoms with E-state index in [-0.39, 0.29) is 5.82 Å². The molecule has 0 spiro atoms. The topological polar surface area (TPSA) is 29.3 Å². The molecular weight excluding hydrogens is 259 g/mol. The Bertz CT molecular complexity index is 356. The van der Waals surface area contributed by atoms with Crippen LogP contribution in [0.3, 0.4) is 0 Å². The van der Waals surface area contributed by atoms with Crippen LogP contribution in [0.2, 0.25) is 0 Å². The van der Waals surface area contributed by atoms with E-state index >= 15 is 0 Å². The Labute approximate surface area is 97.4 Å². The fraction of sp³-hybridized carbons (Fsp3) is 0.455. The van der Waals surface area contributed by atoms with E-state index in [2.05, 4.69) is 20.8 Å². The molecule has 2 rings (SSSR count). The minimum atomic E-state index is -0.205. The first-order valence-electron chi connectivity index (χ1n) is 5.07. The van der Waals surface area contributed by atoms with Crippen LogP contribution in [-0.2, 0) is 6.54 Å². The highest BCUT2D eigenvalue weighted by Gasteiger charge is 2.19. The maximum absolute atomic E-state index is 12.9. The van der Waals surface area contributed by atoms with E-state index in [4.69, 9.17) is 5.73 Å². The van der Waals surface area contributed by atoms with Crippen molar-refractivity contribution >= 4 is 15.9 Å². The second-order valence-electron chi connectivity index (χ2n) is 4.02.